The molecule has 0 saturated carbocycles. The van der Waals surface area contributed by atoms with Crippen LogP contribution in [0.5, 0.6) is 11.5 Å². The molecule has 3 rings (SSSR count). The number of hydrogen-bond donors (Lipinski definition) is 1. The molecule has 1 aliphatic rings. The first-order valence-electron chi connectivity index (χ1n) is 8.03. The number of rotatable bonds is 7. The lowest BCUT2D eigenvalue weighted by Crippen LogP contribution is -2.39. The topological polar surface area (TPSA) is 59.0 Å². The Kier molecular flexibility index (Phi) is 5.72. The highest BCUT2D eigenvalue weighted by atomic mass is 32.1. The van der Waals surface area contributed by atoms with E-state index in [9.17, 15) is 9.90 Å². The number of ether oxygens (including phenoxy) is 2. The highest BCUT2D eigenvalue weighted by molar-refractivity contribution is 7.07. The van der Waals surface area contributed by atoms with Gasteiger partial charge in [-0.05, 0) is 47.4 Å². The molecular weight excluding hydrogens is 326 g/mol. The number of phenolic OH excluding ortho intramolecular Hbond substituents is 1. The monoisotopic (exact) mass is 347 g/mol. The zero-order valence-corrected chi connectivity index (χ0v) is 14.2. The molecule has 1 aromatic carbocycles. The second-order valence-corrected chi connectivity index (χ2v) is 6.58. The summed E-state index contributed by atoms with van der Waals surface area (Å²) in [5.41, 5.74) is 1.11. The average molecular weight is 347 g/mol. The van der Waals surface area contributed by atoms with Gasteiger partial charge in [-0.3, -0.25) is 4.79 Å². The van der Waals surface area contributed by atoms with Gasteiger partial charge in [0, 0.05) is 19.7 Å². The molecule has 0 bridgehead atoms. The molecule has 1 aromatic heterocycles. The fourth-order valence-electron chi connectivity index (χ4n) is 2.70. The van der Waals surface area contributed by atoms with Crippen LogP contribution in [0.1, 0.15) is 18.4 Å². The molecule has 0 aliphatic carbocycles. The van der Waals surface area contributed by atoms with Crippen LogP contribution in [0.15, 0.2) is 41.1 Å². The summed E-state index contributed by atoms with van der Waals surface area (Å²) < 4.78 is 11.1. The normalized spacial score (nSPS) is 16.9. The number of para-hydroxylation sites is 2. The number of carbonyl (C=O) groups is 1. The Balaban J connectivity index is 1.62. The van der Waals surface area contributed by atoms with Crippen molar-refractivity contribution in [2.24, 2.45) is 0 Å². The number of thiophene rings is 1. The van der Waals surface area contributed by atoms with Crippen LogP contribution in [0.4, 0.5) is 0 Å². The van der Waals surface area contributed by atoms with E-state index >= 15 is 0 Å². The molecule has 5 nitrogen and oxygen atoms in total. The Morgan fingerprint density at radius 3 is 2.96 bits per heavy atom. The molecule has 1 fully saturated rings. The zero-order valence-electron chi connectivity index (χ0n) is 13.4. The van der Waals surface area contributed by atoms with Crippen LogP contribution in [0, 0.1) is 0 Å². The van der Waals surface area contributed by atoms with Crippen molar-refractivity contribution >= 4 is 17.2 Å². The van der Waals surface area contributed by atoms with Crippen molar-refractivity contribution < 1.29 is 19.4 Å². The summed E-state index contributed by atoms with van der Waals surface area (Å²) in [6.45, 7) is 1.78. The van der Waals surface area contributed by atoms with Gasteiger partial charge >= 0.3 is 0 Å². The van der Waals surface area contributed by atoms with Gasteiger partial charge in [-0.2, -0.15) is 11.3 Å². The van der Waals surface area contributed by atoms with Crippen LogP contribution in [-0.4, -0.2) is 41.8 Å². The minimum absolute atomic E-state index is 0.0359. The van der Waals surface area contributed by atoms with E-state index in [4.69, 9.17) is 9.47 Å². The van der Waals surface area contributed by atoms with Crippen molar-refractivity contribution in [3.8, 4) is 11.5 Å². The average Bonchev–Trinajstić information content (AvgIpc) is 3.27. The molecule has 128 valence electrons. The Bertz CT molecular complexity index is 653. The van der Waals surface area contributed by atoms with Gasteiger partial charge in [0.15, 0.2) is 18.1 Å². The third kappa shape index (κ3) is 4.49. The smallest absolute Gasteiger partial charge is 0.260 e. The van der Waals surface area contributed by atoms with Crippen molar-refractivity contribution in [3.05, 3.63) is 46.7 Å². The van der Waals surface area contributed by atoms with Crippen LogP contribution in [0.2, 0.25) is 0 Å². The number of aromatic hydroxyl groups is 1. The SMILES string of the molecule is O=C(COc1ccccc1O)N(Cc1ccsc1)CC1CCCO1. The molecule has 1 aliphatic heterocycles. The van der Waals surface area contributed by atoms with Crippen LogP contribution < -0.4 is 4.74 Å². The van der Waals surface area contributed by atoms with Gasteiger partial charge in [-0.1, -0.05) is 12.1 Å². The maximum atomic E-state index is 12.6. The van der Waals surface area contributed by atoms with E-state index in [1.807, 2.05) is 16.8 Å². The van der Waals surface area contributed by atoms with Gasteiger partial charge in [0.05, 0.1) is 6.10 Å². The summed E-state index contributed by atoms with van der Waals surface area (Å²) in [7, 11) is 0. The first-order chi connectivity index (χ1) is 11.7. The standard InChI is InChI=1S/C18H21NO4S/c20-16-5-1-2-6-17(16)23-12-18(21)19(10-14-7-9-24-13-14)11-15-4-3-8-22-15/h1-2,5-7,9,13,15,20H,3-4,8,10-12H2. The van der Waals surface area contributed by atoms with Gasteiger partial charge in [0.25, 0.3) is 5.91 Å². The third-order valence-electron chi connectivity index (χ3n) is 3.97. The van der Waals surface area contributed by atoms with Gasteiger partial charge < -0.3 is 19.5 Å². The van der Waals surface area contributed by atoms with Crippen molar-refractivity contribution in [3.63, 3.8) is 0 Å². The zero-order chi connectivity index (χ0) is 16.8. The number of phenols is 1. The summed E-state index contributed by atoms with van der Waals surface area (Å²) in [5, 5.41) is 13.8. The molecular formula is C18H21NO4S. The minimum Gasteiger partial charge on any atom is -0.504 e. The van der Waals surface area contributed by atoms with Crippen molar-refractivity contribution in [1.29, 1.82) is 0 Å². The molecule has 2 aromatic rings. The molecule has 1 amide bonds. The molecule has 0 spiro atoms. The molecule has 1 N–H and O–H groups in total. The Morgan fingerprint density at radius 1 is 1.38 bits per heavy atom. The Labute approximate surface area is 145 Å². The maximum Gasteiger partial charge on any atom is 0.260 e. The predicted octanol–water partition coefficient (Wildman–Crippen LogP) is 3.04. The van der Waals surface area contributed by atoms with E-state index in [1.54, 1.807) is 34.4 Å². The molecule has 6 heteroatoms. The van der Waals surface area contributed by atoms with Crippen molar-refractivity contribution in [2.45, 2.75) is 25.5 Å². The van der Waals surface area contributed by atoms with E-state index in [-0.39, 0.29) is 24.4 Å². The third-order valence-corrected chi connectivity index (χ3v) is 4.70. The largest absolute Gasteiger partial charge is 0.504 e. The van der Waals surface area contributed by atoms with Crippen LogP contribution in [0.3, 0.4) is 0 Å². The second kappa shape index (κ2) is 8.17. The van der Waals surface area contributed by atoms with Crippen LogP contribution in [-0.2, 0) is 16.1 Å². The Morgan fingerprint density at radius 2 is 2.25 bits per heavy atom. The van der Waals surface area contributed by atoms with Gasteiger partial charge in [-0.25, -0.2) is 0 Å². The molecule has 0 radical (unpaired) electrons. The van der Waals surface area contributed by atoms with Crippen LogP contribution >= 0.6 is 11.3 Å². The van der Waals surface area contributed by atoms with E-state index in [0.717, 1.165) is 25.0 Å². The lowest BCUT2D eigenvalue weighted by Gasteiger charge is -2.25. The second-order valence-electron chi connectivity index (χ2n) is 5.80. The molecule has 1 atom stereocenters. The summed E-state index contributed by atoms with van der Waals surface area (Å²) in [5.74, 6) is 0.243. The van der Waals surface area contributed by atoms with Gasteiger partial charge in [0.1, 0.15) is 0 Å². The quantitative estimate of drug-likeness (QED) is 0.836. The number of benzene rings is 1. The van der Waals surface area contributed by atoms with Crippen LogP contribution in [0.25, 0.3) is 0 Å². The van der Waals surface area contributed by atoms with Gasteiger partial charge in [0.2, 0.25) is 0 Å². The predicted molar refractivity (Wildman–Crippen MR) is 92.3 cm³/mol. The molecule has 24 heavy (non-hydrogen) atoms. The van der Waals surface area contributed by atoms with E-state index < -0.39 is 0 Å². The molecule has 2 heterocycles. The first kappa shape index (κ1) is 16.8. The lowest BCUT2D eigenvalue weighted by molar-refractivity contribution is -0.135. The summed E-state index contributed by atoms with van der Waals surface area (Å²) in [4.78, 5) is 14.4. The first-order valence-corrected chi connectivity index (χ1v) is 8.98. The fraction of sp³-hybridized carbons (Fsp3) is 0.389. The fourth-order valence-corrected chi connectivity index (χ4v) is 3.36. The summed E-state index contributed by atoms with van der Waals surface area (Å²) in [6, 6.07) is 8.67. The number of hydrogen-bond acceptors (Lipinski definition) is 5. The lowest BCUT2D eigenvalue weighted by atomic mass is 10.2. The number of carbonyl (C=O) groups excluding carboxylic acids is 1. The van der Waals surface area contributed by atoms with E-state index in [2.05, 4.69) is 0 Å². The Hall–Kier alpha value is -2.05. The number of nitrogens with zero attached hydrogens (tertiary/aromatic N) is 1. The molecule has 1 unspecified atom stereocenters. The highest BCUT2D eigenvalue weighted by Crippen LogP contribution is 2.24. The van der Waals surface area contributed by atoms with Gasteiger partial charge in [-0.15, -0.1) is 0 Å². The van der Waals surface area contributed by atoms with E-state index in [0.29, 0.717) is 18.8 Å². The highest BCUT2D eigenvalue weighted by Gasteiger charge is 2.23. The van der Waals surface area contributed by atoms with E-state index in [1.165, 1.54) is 6.07 Å². The van der Waals surface area contributed by atoms with Crippen molar-refractivity contribution in [1.82, 2.24) is 4.90 Å². The summed E-state index contributed by atoms with van der Waals surface area (Å²) >= 11 is 1.61. The maximum absolute atomic E-state index is 12.6. The number of amides is 1. The molecule has 1 saturated heterocycles. The minimum atomic E-state index is -0.111. The summed E-state index contributed by atoms with van der Waals surface area (Å²) in [6.07, 6.45) is 2.12. The van der Waals surface area contributed by atoms with Crippen molar-refractivity contribution in [2.75, 3.05) is 19.8 Å².